The van der Waals surface area contributed by atoms with E-state index in [1.165, 1.54) is 28.7 Å². The number of carbonyl (C=O) groups is 3. The number of hydrogen-bond acceptors (Lipinski definition) is 9. The summed E-state index contributed by atoms with van der Waals surface area (Å²) in [6.45, 7) is -0.373. The first kappa shape index (κ1) is 25.3. The summed E-state index contributed by atoms with van der Waals surface area (Å²) in [6, 6.07) is 1.65. The summed E-state index contributed by atoms with van der Waals surface area (Å²) in [4.78, 5) is 43.5. The van der Waals surface area contributed by atoms with Crippen molar-refractivity contribution >= 4 is 44.3 Å². The lowest BCUT2D eigenvalue weighted by molar-refractivity contribution is -0.142. The Morgan fingerprint density at radius 3 is 2.69 bits per heavy atom. The highest BCUT2D eigenvalue weighted by molar-refractivity contribution is 7.89. The van der Waals surface area contributed by atoms with Gasteiger partial charge in [-0.1, -0.05) is 32.1 Å². The Hall–Kier alpha value is -2.77. The summed E-state index contributed by atoms with van der Waals surface area (Å²) >= 11 is 1.29. The second-order valence-electron chi connectivity index (χ2n) is 8.62. The Morgan fingerprint density at radius 2 is 2.03 bits per heavy atom. The van der Waals surface area contributed by atoms with Crippen molar-refractivity contribution in [2.24, 2.45) is 5.92 Å². The van der Waals surface area contributed by atoms with E-state index in [0.717, 1.165) is 43.2 Å². The number of piperazine rings is 1. The van der Waals surface area contributed by atoms with Crippen LogP contribution in [-0.2, 0) is 24.3 Å². The summed E-state index contributed by atoms with van der Waals surface area (Å²) in [5, 5.41) is 4.56. The van der Waals surface area contributed by atoms with Gasteiger partial charge in [0, 0.05) is 24.7 Å². The minimum absolute atomic E-state index is 0.00592. The van der Waals surface area contributed by atoms with E-state index in [-0.39, 0.29) is 24.8 Å². The van der Waals surface area contributed by atoms with E-state index < -0.39 is 39.6 Å². The molecule has 1 saturated carbocycles. The van der Waals surface area contributed by atoms with Crippen molar-refractivity contribution in [1.29, 1.82) is 0 Å². The fourth-order valence-corrected chi connectivity index (χ4v) is 6.41. The zero-order valence-corrected chi connectivity index (χ0v) is 21.0. The molecule has 13 heteroatoms. The summed E-state index contributed by atoms with van der Waals surface area (Å²) in [7, 11) is -2.99. The van der Waals surface area contributed by atoms with Crippen LogP contribution in [-0.4, -0.2) is 73.2 Å². The molecular formula is C22H28N4O7S2. The number of rotatable bonds is 8. The second kappa shape index (κ2) is 10.9. The van der Waals surface area contributed by atoms with Gasteiger partial charge in [-0.15, -0.1) is 11.3 Å². The molecule has 2 fully saturated rings. The first-order valence-corrected chi connectivity index (χ1v) is 13.8. The van der Waals surface area contributed by atoms with Gasteiger partial charge in [-0.3, -0.25) is 9.59 Å². The number of ether oxygens (including phenoxy) is 1. The molecule has 2 aliphatic rings. The molecule has 2 aromatic heterocycles. The van der Waals surface area contributed by atoms with E-state index in [4.69, 9.17) is 4.42 Å². The molecule has 2 aromatic rings. The van der Waals surface area contributed by atoms with Gasteiger partial charge in [-0.25, -0.2) is 18.2 Å². The lowest BCUT2D eigenvalue weighted by Gasteiger charge is -2.39. The Labute approximate surface area is 207 Å². The average Bonchev–Trinajstić information content (AvgIpc) is 3.56. The van der Waals surface area contributed by atoms with Crippen molar-refractivity contribution in [1.82, 2.24) is 14.2 Å². The predicted molar refractivity (Wildman–Crippen MR) is 126 cm³/mol. The third kappa shape index (κ3) is 5.73. The second-order valence-corrected chi connectivity index (χ2v) is 11.4. The number of methoxy groups -OCH3 is 1. The largest absolute Gasteiger partial charge is 0.463 e. The van der Waals surface area contributed by atoms with Crippen LogP contribution in [0.5, 0.6) is 0 Å². The maximum atomic E-state index is 13.2. The van der Waals surface area contributed by atoms with Crippen LogP contribution < -0.4 is 5.32 Å². The molecule has 0 aromatic carbocycles. The molecule has 1 aliphatic heterocycles. The molecule has 0 bridgehead atoms. The van der Waals surface area contributed by atoms with Gasteiger partial charge in [-0.05, 0) is 24.5 Å². The quantitative estimate of drug-likeness (QED) is 0.519. The first-order valence-electron chi connectivity index (χ1n) is 11.5. The third-order valence-corrected chi connectivity index (χ3v) is 8.81. The van der Waals surface area contributed by atoms with Crippen molar-refractivity contribution < 1.29 is 32.0 Å². The monoisotopic (exact) mass is 524 g/mol. The van der Waals surface area contributed by atoms with Gasteiger partial charge in [-0.2, -0.15) is 4.31 Å². The number of nitrogens with zero attached hydrogens (tertiary/aromatic N) is 3. The highest BCUT2D eigenvalue weighted by Crippen LogP contribution is 2.30. The molecule has 1 saturated heterocycles. The molecular weight excluding hydrogens is 496 g/mol. The molecule has 190 valence electrons. The number of aromatic nitrogens is 1. The Bertz CT molecular complexity index is 1160. The number of anilines is 1. The lowest BCUT2D eigenvalue weighted by Crippen LogP contribution is -2.58. The molecule has 1 atom stereocenters. The van der Waals surface area contributed by atoms with Crippen LogP contribution in [0, 0.1) is 5.92 Å². The molecule has 0 unspecified atom stereocenters. The van der Waals surface area contributed by atoms with Gasteiger partial charge < -0.3 is 19.4 Å². The van der Waals surface area contributed by atoms with E-state index in [9.17, 15) is 22.8 Å². The molecule has 2 amide bonds. The Morgan fingerprint density at radius 1 is 1.26 bits per heavy atom. The van der Waals surface area contributed by atoms with Crippen LogP contribution in [0.25, 0.3) is 0 Å². The third-order valence-electron chi connectivity index (χ3n) is 6.41. The van der Waals surface area contributed by atoms with Crippen molar-refractivity contribution in [3.05, 3.63) is 29.5 Å². The first-order chi connectivity index (χ1) is 16.8. The van der Waals surface area contributed by atoms with Crippen molar-refractivity contribution in [3.63, 3.8) is 0 Å². The molecule has 4 rings (SSSR count). The molecule has 11 nitrogen and oxygen atoms in total. The molecule has 0 spiro atoms. The number of thiazole rings is 1. The predicted octanol–water partition coefficient (Wildman–Crippen LogP) is 2.33. The van der Waals surface area contributed by atoms with Gasteiger partial charge in [0.05, 0.1) is 13.7 Å². The number of esters is 1. The fraction of sp³-hybridized carbons (Fsp3) is 0.545. The summed E-state index contributed by atoms with van der Waals surface area (Å²) in [6.07, 6.45) is 7.49. The number of furan rings is 1. The lowest BCUT2D eigenvalue weighted by atomic mass is 9.84. The van der Waals surface area contributed by atoms with Crippen molar-refractivity contribution in [2.75, 3.05) is 32.1 Å². The maximum Gasteiger partial charge on any atom is 0.374 e. The van der Waals surface area contributed by atoms with Crippen LogP contribution in [0.4, 0.5) is 5.13 Å². The fourth-order valence-electron chi connectivity index (χ4n) is 4.58. The van der Waals surface area contributed by atoms with Gasteiger partial charge >= 0.3 is 5.97 Å². The molecule has 0 radical (unpaired) electrons. The van der Waals surface area contributed by atoms with Gasteiger partial charge in [0.1, 0.15) is 6.04 Å². The molecule has 1 aliphatic carbocycles. The van der Waals surface area contributed by atoms with Crippen molar-refractivity contribution in [3.8, 4) is 0 Å². The number of sulfonamides is 1. The minimum atomic E-state index is -4.15. The highest BCUT2D eigenvalue weighted by atomic mass is 32.2. The SMILES string of the molecule is COC(=O)c1ccc(S(=O)(=O)N2CCN([C@@H](CC3CCCCC3)C(=O)Nc3nccs3)C(=O)C2)o1. The van der Waals surface area contributed by atoms with Crippen LogP contribution in [0.3, 0.4) is 0 Å². The smallest absolute Gasteiger partial charge is 0.374 e. The van der Waals surface area contributed by atoms with E-state index in [2.05, 4.69) is 15.0 Å². The maximum absolute atomic E-state index is 13.2. The number of amides is 2. The number of nitrogens with one attached hydrogen (secondary N) is 1. The number of hydrogen-bond donors (Lipinski definition) is 1. The minimum Gasteiger partial charge on any atom is -0.463 e. The summed E-state index contributed by atoms with van der Waals surface area (Å²) in [5.41, 5.74) is 0. The van der Waals surface area contributed by atoms with Crippen molar-refractivity contribution in [2.45, 2.75) is 49.7 Å². The Balaban J connectivity index is 1.49. The van der Waals surface area contributed by atoms with Crippen LogP contribution in [0.15, 0.2) is 33.2 Å². The zero-order chi connectivity index (χ0) is 25.0. The van der Waals surface area contributed by atoms with Gasteiger partial charge in [0.15, 0.2) is 5.13 Å². The van der Waals surface area contributed by atoms with Gasteiger partial charge in [0.2, 0.25) is 22.7 Å². The zero-order valence-electron chi connectivity index (χ0n) is 19.3. The standard InChI is InChI=1S/C22H28N4O7S2/c1-32-21(29)17-7-8-19(33-17)35(30,31)25-10-11-26(18(27)14-25)16(13-15-5-3-2-4-6-15)20(28)24-22-23-9-12-34-22/h7-9,12,15-16H,2-6,10-11,13-14H2,1H3,(H,23,24,28)/t16-/m0/s1. The number of carbonyl (C=O) groups excluding carboxylic acids is 3. The van der Waals surface area contributed by atoms with Crippen LogP contribution in [0.1, 0.15) is 49.1 Å². The Kier molecular flexibility index (Phi) is 7.87. The van der Waals surface area contributed by atoms with E-state index in [0.29, 0.717) is 17.5 Å². The highest BCUT2D eigenvalue weighted by Gasteiger charge is 2.40. The summed E-state index contributed by atoms with van der Waals surface area (Å²) < 4.78 is 36.7. The normalized spacial score (nSPS) is 18.9. The average molecular weight is 525 g/mol. The topological polar surface area (TPSA) is 139 Å². The molecule has 1 N–H and O–H groups in total. The van der Waals surface area contributed by atoms with E-state index >= 15 is 0 Å². The van der Waals surface area contributed by atoms with Crippen LogP contribution in [0.2, 0.25) is 0 Å². The van der Waals surface area contributed by atoms with Gasteiger partial charge in [0.25, 0.3) is 10.0 Å². The van der Waals surface area contributed by atoms with Crippen LogP contribution >= 0.6 is 11.3 Å². The van der Waals surface area contributed by atoms with E-state index in [1.807, 2.05) is 0 Å². The molecule has 3 heterocycles. The summed E-state index contributed by atoms with van der Waals surface area (Å²) in [5.74, 6) is -1.50. The molecule has 35 heavy (non-hydrogen) atoms. The van der Waals surface area contributed by atoms with E-state index in [1.54, 1.807) is 11.6 Å².